The Hall–Kier alpha value is -2.19. The van der Waals surface area contributed by atoms with E-state index in [2.05, 4.69) is 0 Å². The van der Waals surface area contributed by atoms with Gasteiger partial charge in [0, 0.05) is 0 Å². The van der Waals surface area contributed by atoms with Gasteiger partial charge >= 0.3 is 11.9 Å². The van der Waals surface area contributed by atoms with Gasteiger partial charge in [-0.2, -0.15) is 0 Å². The van der Waals surface area contributed by atoms with Gasteiger partial charge in [0.2, 0.25) is 0 Å². The van der Waals surface area contributed by atoms with Crippen molar-refractivity contribution in [1.29, 1.82) is 0 Å². The number of hydrogen-bond acceptors (Lipinski definition) is 5. The Balaban J connectivity index is 2.30. The Bertz CT molecular complexity index is 671. The quantitative estimate of drug-likeness (QED) is 0.625. The number of aliphatic carboxylic acids is 2. The number of rotatable bonds is 5. The first-order valence-corrected chi connectivity index (χ1v) is 7.39. The molecule has 1 fully saturated rings. The number of carboxylic acids is 2. The first-order chi connectivity index (χ1) is 10.4. The van der Waals surface area contributed by atoms with Crippen LogP contribution in [0.15, 0.2) is 35.2 Å². The molecule has 1 saturated heterocycles. The van der Waals surface area contributed by atoms with Gasteiger partial charge < -0.3 is 10.2 Å². The third kappa shape index (κ3) is 3.52. The number of benzene rings is 1. The molecule has 22 heavy (non-hydrogen) atoms. The largest absolute Gasteiger partial charge is 0.481 e. The lowest BCUT2D eigenvalue weighted by Gasteiger charge is -2.21. The summed E-state index contributed by atoms with van der Waals surface area (Å²) >= 11 is 5.99. The molecule has 1 aliphatic heterocycles. The Morgan fingerprint density at radius 1 is 1.27 bits per heavy atom. The van der Waals surface area contributed by atoms with Gasteiger partial charge in [-0.05, 0) is 11.6 Å². The fourth-order valence-corrected chi connectivity index (χ4v) is 3.26. The number of amides is 1. The summed E-state index contributed by atoms with van der Waals surface area (Å²) in [5, 5.41) is 17.9. The first-order valence-electron chi connectivity index (χ1n) is 6.17. The number of nitrogens with zero attached hydrogens (tertiary/aromatic N) is 1. The van der Waals surface area contributed by atoms with Crippen molar-refractivity contribution in [1.82, 2.24) is 4.90 Å². The first kappa shape index (κ1) is 16.2. The van der Waals surface area contributed by atoms with Crippen molar-refractivity contribution in [3.63, 3.8) is 0 Å². The van der Waals surface area contributed by atoms with E-state index in [0.29, 0.717) is 0 Å². The Morgan fingerprint density at radius 2 is 1.91 bits per heavy atom. The number of carbonyl (C=O) groups excluding carboxylic acids is 1. The van der Waals surface area contributed by atoms with Crippen LogP contribution in [0, 0.1) is 0 Å². The lowest BCUT2D eigenvalue weighted by molar-refractivity contribution is -0.150. The molecule has 0 radical (unpaired) electrons. The van der Waals surface area contributed by atoms with E-state index < -0.39 is 30.3 Å². The van der Waals surface area contributed by atoms with E-state index in [-0.39, 0.29) is 9.23 Å². The van der Waals surface area contributed by atoms with Crippen molar-refractivity contribution < 1.29 is 24.6 Å². The van der Waals surface area contributed by atoms with Gasteiger partial charge in [0.25, 0.3) is 5.91 Å². The van der Waals surface area contributed by atoms with E-state index in [1.165, 1.54) is 0 Å². The van der Waals surface area contributed by atoms with Crippen molar-refractivity contribution in [2.24, 2.45) is 0 Å². The average Bonchev–Trinajstić information content (AvgIpc) is 2.72. The SMILES string of the molecule is O=C(O)C[C@H](C(=O)O)N1C(=O)/C(=C/c2ccccc2)SC1=S. The molecule has 1 aromatic carbocycles. The minimum absolute atomic E-state index is 0.0424. The van der Waals surface area contributed by atoms with E-state index in [0.717, 1.165) is 22.2 Å². The summed E-state index contributed by atoms with van der Waals surface area (Å²) in [4.78, 5) is 35.5. The summed E-state index contributed by atoms with van der Waals surface area (Å²) in [6.07, 6.45) is 0.888. The molecule has 0 spiro atoms. The van der Waals surface area contributed by atoms with Crippen LogP contribution in [-0.4, -0.2) is 43.3 Å². The fourth-order valence-electron chi connectivity index (χ4n) is 1.90. The summed E-state index contributed by atoms with van der Waals surface area (Å²) in [7, 11) is 0. The fraction of sp³-hybridized carbons (Fsp3) is 0.143. The van der Waals surface area contributed by atoms with Crippen LogP contribution in [0.1, 0.15) is 12.0 Å². The molecule has 1 amide bonds. The summed E-state index contributed by atoms with van der Waals surface area (Å²) in [6.45, 7) is 0. The van der Waals surface area contributed by atoms with Crippen LogP contribution in [0.3, 0.4) is 0 Å². The molecular weight excluding hydrogens is 326 g/mol. The second-order valence-corrected chi connectivity index (χ2v) is 6.09. The molecule has 0 bridgehead atoms. The molecular formula is C14H11NO5S2. The third-order valence-electron chi connectivity index (χ3n) is 2.89. The van der Waals surface area contributed by atoms with Crippen LogP contribution in [0.5, 0.6) is 0 Å². The molecule has 0 unspecified atom stereocenters. The highest BCUT2D eigenvalue weighted by Crippen LogP contribution is 2.34. The second-order valence-electron chi connectivity index (χ2n) is 4.41. The predicted octanol–water partition coefficient (Wildman–Crippen LogP) is 1.82. The summed E-state index contributed by atoms with van der Waals surface area (Å²) in [5.74, 6) is -3.30. The van der Waals surface area contributed by atoms with Crippen molar-refractivity contribution in [2.45, 2.75) is 12.5 Å². The van der Waals surface area contributed by atoms with Gasteiger partial charge in [0.15, 0.2) is 0 Å². The smallest absolute Gasteiger partial charge is 0.327 e. The average molecular weight is 337 g/mol. The minimum Gasteiger partial charge on any atom is -0.481 e. The predicted molar refractivity (Wildman–Crippen MR) is 85.1 cm³/mol. The molecule has 1 atom stereocenters. The number of hydrogen-bond donors (Lipinski definition) is 2. The van der Waals surface area contributed by atoms with Crippen LogP contribution in [0.2, 0.25) is 0 Å². The van der Waals surface area contributed by atoms with Crippen LogP contribution in [0.25, 0.3) is 6.08 Å². The maximum absolute atomic E-state index is 12.3. The van der Waals surface area contributed by atoms with Crippen LogP contribution in [0.4, 0.5) is 0 Å². The van der Waals surface area contributed by atoms with Crippen molar-refractivity contribution in [3.8, 4) is 0 Å². The maximum atomic E-state index is 12.3. The summed E-state index contributed by atoms with van der Waals surface area (Å²) in [6, 6.07) is 7.51. The maximum Gasteiger partial charge on any atom is 0.327 e. The van der Waals surface area contributed by atoms with Crippen molar-refractivity contribution in [2.75, 3.05) is 0 Å². The van der Waals surface area contributed by atoms with Crippen molar-refractivity contribution >= 4 is 52.2 Å². The van der Waals surface area contributed by atoms with Gasteiger partial charge in [-0.1, -0.05) is 54.3 Å². The topological polar surface area (TPSA) is 94.9 Å². The molecule has 8 heteroatoms. The van der Waals surface area contributed by atoms with Crippen LogP contribution in [-0.2, 0) is 14.4 Å². The van der Waals surface area contributed by atoms with Gasteiger partial charge in [-0.25, -0.2) is 4.79 Å². The van der Waals surface area contributed by atoms with E-state index in [1.807, 2.05) is 6.07 Å². The molecule has 6 nitrogen and oxygen atoms in total. The third-order valence-corrected chi connectivity index (χ3v) is 4.22. The molecule has 114 valence electrons. The van der Waals surface area contributed by atoms with Gasteiger partial charge in [-0.3, -0.25) is 14.5 Å². The standard InChI is InChI=1S/C14H11NO5S2/c16-11(17)7-9(13(19)20)15-12(18)10(22-14(15)21)6-8-4-2-1-3-5-8/h1-6,9H,7H2,(H,16,17)(H,19,20)/b10-6-/t9-/m1/s1. The summed E-state index contributed by atoms with van der Waals surface area (Å²) < 4.78 is 0.0424. The van der Waals surface area contributed by atoms with E-state index in [1.54, 1.807) is 30.3 Å². The Kier molecular flexibility index (Phi) is 4.94. The van der Waals surface area contributed by atoms with E-state index in [4.69, 9.17) is 22.4 Å². The zero-order valence-electron chi connectivity index (χ0n) is 11.1. The highest BCUT2D eigenvalue weighted by molar-refractivity contribution is 8.26. The van der Waals surface area contributed by atoms with Gasteiger partial charge in [-0.15, -0.1) is 0 Å². The monoisotopic (exact) mass is 337 g/mol. The van der Waals surface area contributed by atoms with E-state index >= 15 is 0 Å². The minimum atomic E-state index is -1.51. The molecule has 1 aliphatic rings. The molecule has 2 rings (SSSR count). The zero-order valence-corrected chi connectivity index (χ0v) is 12.8. The number of thiocarbonyl (C=S) groups is 1. The van der Waals surface area contributed by atoms with Crippen LogP contribution >= 0.6 is 24.0 Å². The molecule has 1 heterocycles. The Labute approximate surface area is 135 Å². The van der Waals surface area contributed by atoms with Gasteiger partial charge in [0.05, 0.1) is 11.3 Å². The molecule has 0 aliphatic carbocycles. The highest BCUT2D eigenvalue weighted by atomic mass is 32.2. The number of thioether (sulfide) groups is 1. The molecule has 1 aromatic rings. The van der Waals surface area contributed by atoms with Crippen LogP contribution < -0.4 is 0 Å². The lowest BCUT2D eigenvalue weighted by Crippen LogP contribution is -2.45. The van der Waals surface area contributed by atoms with Crippen molar-refractivity contribution in [3.05, 3.63) is 40.8 Å². The normalized spacial score (nSPS) is 17.8. The summed E-state index contributed by atoms with van der Waals surface area (Å²) in [5.41, 5.74) is 0.771. The lowest BCUT2D eigenvalue weighted by atomic mass is 10.1. The molecule has 2 N–H and O–H groups in total. The van der Waals surface area contributed by atoms with E-state index in [9.17, 15) is 14.4 Å². The van der Waals surface area contributed by atoms with Gasteiger partial charge in [0.1, 0.15) is 10.4 Å². The molecule has 0 aromatic heterocycles. The number of carboxylic acid groups (broad SMARTS) is 2. The second kappa shape index (κ2) is 6.71. The zero-order chi connectivity index (χ0) is 16.3. The highest BCUT2D eigenvalue weighted by Gasteiger charge is 2.41. The Morgan fingerprint density at radius 3 is 2.45 bits per heavy atom. The number of carbonyl (C=O) groups is 3. The molecule has 0 saturated carbocycles.